The Balaban J connectivity index is 2.02. The molecule has 0 aliphatic heterocycles. The maximum atomic E-state index is 15.1. The molecule has 2 N–H and O–H groups in total. The number of hydrogen-bond acceptors (Lipinski definition) is 3. The number of aryl methyl sites for hydroxylation is 1. The predicted octanol–water partition coefficient (Wildman–Crippen LogP) is 7.67. The molecule has 0 radical (unpaired) electrons. The van der Waals surface area contributed by atoms with Crippen molar-refractivity contribution < 1.29 is 62.6 Å². The number of benzene rings is 3. The van der Waals surface area contributed by atoms with Crippen molar-refractivity contribution in [3.8, 4) is 5.75 Å². The van der Waals surface area contributed by atoms with Gasteiger partial charge in [0.15, 0.2) is 5.82 Å². The van der Waals surface area contributed by atoms with Crippen LogP contribution in [0.15, 0.2) is 54.6 Å². The maximum absolute atomic E-state index is 15.1. The summed E-state index contributed by atoms with van der Waals surface area (Å²) in [6.07, 6.45) is -13.2. The Labute approximate surface area is 222 Å². The van der Waals surface area contributed by atoms with Crippen molar-refractivity contribution >= 4 is 23.2 Å². The molecular formula is C25H15F11N2O3. The minimum Gasteiger partial charge on any atom is -0.433 e. The molecule has 0 bridgehead atoms. The van der Waals surface area contributed by atoms with Gasteiger partial charge in [-0.25, -0.2) is 13.2 Å². The predicted molar refractivity (Wildman–Crippen MR) is 121 cm³/mol. The highest BCUT2D eigenvalue weighted by molar-refractivity contribution is 6.08. The Morgan fingerprint density at radius 3 is 1.90 bits per heavy atom. The van der Waals surface area contributed by atoms with E-state index in [1.165, 1.54) is 12.1 Å². The van der Waals surface area contributed by atoms with Crippen LogP contribution >= 0.6 is 0 Å². The van der Waals surface area contributed by atoms with Crippen LogP contribution in [0.4, 0.5) is 59.7 Å². The summed E-state index contributed by atoms with van der Waals surface area (Å²) in [7, 11) is 0. The molecule has 0 heterocycles. The van der Waals surface area contributed by atoms with E-state index in [4.69, 9.17) is 0 Å². The minimum absolute atomic E-state index is 0.00364. The van der Waals surface area contributed by atoms with Gasteiger partial charge in [-0.05, 0) is 48.9 Å². The molecule has 0 fully saturated rings. The van der Waals surface area contributed by atoms with Crippen molar-refractivity contribution in [1.82, 2.24) is 0 Å². The number of hydrogen-bond donors (Lipinski definition) is 2. The summed E-state index contributed by atoms with van der Waals surface area (Å²) in [5, 5.41) is 3.84. The van der Waals surface area contributed by atoms with Gasteiger partial charge in [-0.1, -0.05) is 18.2 Å². The summed E-state index contributed by atoms with van der Waals surface area (Å²) in [5.74, 6) is -6.50. The standard InChI is InChI=1S/C25H15F11N2O3/c1-11-9-12(23(30,24(31,32)33)25(34,35)36)10-17(41-22(28)29)19(11)38-21(40)14-6-4-8-16(18(14)27)37-20(39)13-5-2-3-7-15(13)26/h2-10,22H,1H3,(H,37,39)(H,38,40). The lowest BCUT2D eigenvalue weighted by Crippen LogP contribution is -2.50. The molecule has 0 aromatic heterocycles. The van der Waals surface area contributed by atoms with Crippen LogP contribution in [0.25, 0.3) is 0 Å². The Bertz CT molecular complexity index is 1460. The number of amides is 2. The van der Waals surface area contributed by atoms with Gasteiger partial charge in [0.1, 0.15) is 11.6 Å². The number of alkyl halides is 9. The second-order valence-electron chi connectivity index (χ2n) is 8.25. The van der Waals surface area contributed by atoms with Crippen LogP contribution in [-0.4, -0.2) is 30.8 Å². The number of halogens is 11. The van der Waals surface area contributed by atoms with Crippen LogP contribution in [0.1, 0.15) is 31.8 Å². The second-order valence-corrected chi connectivity index (χ2v) is 8.25. The minimum atomic E-state index is -6.58. The van der Waals surface area contributed by atoms with E-state index in [-0.39, 0.29) is 12.1 Å². The quantitative estimate of drug-likeness (QED) is 0.274. The lowest BCUT2D eigenvalue weighted by Gasteiger charge is -2.31. The summed E-state index contributed by atoms with van der Waals surface area (Å²) >= 11 is 0. The molecule has 0 spiro atoms. The van der Waals surface area contributed by atoms with E-state index < -0.39 is 87.5 Å². The number of carbonyl (C=O) groups excluding carboxylic acids is 2. The highest BCUT2D eigenvalue weighted by Gasteiger charge is 2.73. The molecule has 220 valence electrons. The Kier molecular flexibility index (Phi) is 8.55. The van der Waals surface area contributed by atoms with E-state index in [0.717, 1.165) is 37.3 Å². The van der Waals surface area contributed by atoms with Crippen molar-refractivity contribution in [1.29, 1.82) is 0 Å². The Morgan fingerprint density at radius 2 is 1.34 bits per heavy atom. The first-order valence-electron chi connectivity index (χ1n) is 11.0. The molecule has 0 saturated carbocycles. The summed E-state index contributed by atoms with van der Waals surface area (Å²) in [6, 6.07) is 7.09. The zero-order valence-electron chi connectivity index (χ0n) is 20.2. The van der Waals surface area contributed by atoms with Crippen molar-refractivity contribution in [3.63, 3.8) is 0 Å². The average Bonchev–Trinajstić information content (AvgIpc) is 2.85. The highest BCUT2D eigenvalue weighted by atomic mass is 19.4. The van der Waals surface area contributed by atoms with Crippen molar-refractivity contribution in [3.05, 3.63) is 88.5 Å². The van der Waals surface area contributed by atoms with E-state index in [1.807, 2.05) is 10.6 Å². The van der Waals surface area contributed by atoms with E-state index in [0.29, 0.717) is 0 Å². The molecule has 0 saturated heterocycles. The topological polar surface area (TPSA) is 67.4 Å². The number of nitrogens with one attached hydrogen (secondary N) is 2. The zero-order valence-corrected chi connectivity index (χ0v) is 20.2. The maximum Gasteiger partial charge on any atom is 0.435 e. The SMILES string of the molecule is Cc1cc(C(F)(C(F)(F)F)C(F)(F)F)cc(OC(F)F)c1NC(=O)c1cccc(NC(=O)c2ccccc2F)c1F. The third-order valence-corrected chi connectivity index (χ3v) is 5.54. The fraction of sp³-hybridized carbons (Fsp3) is 0.200. The second kappa shape index (κ2) is 11.2. The first-order chi connectivity index (χ1) is 18.9. The van der Waals surface area contributed by atoms with Gasteiger partial charge in [-0.2, -0.15) is 35.1 Å². The lowest BCUT2D eigenvalue weighted by molar-refractivity contribution is -0.348. The van der Waals surface area contributed by atoms with Crippen LogP contribution in [0, 0.1) is 18.6 Å². The van der Waals surface area contributed by atoms with Crippen LogP contribution in [0.5, 0.6) is 5.75 Å². The van der Waals surface area contributed by atoms with Gasteiger partial charge in [0.25, 0.3) is 11.8 Å². The summed E-state index contributed by atoms with van der Waals surface area (Å²) < 4.78 is 153. The summed E-state index contributed by atoms with van der Waals surface area (Å²) in [4.78, 5) is 25.1. The molecule has 3 aromatic carbocycles. The monoisotopic (exact) mass is 600 g/mol. The normalized spacial score (nSPS) is 12.3. The van der Waals surface area contributed by atoms with Crippen molar-refractivity contribution in [2.75, 3.05) is 10.6 Å². The van der Waals surface area contributed by atoms with Gasteiger partial charge in [0, 0.05) is 5.56 Å². The molecule has 41 heavy (non-hydrogen) atoms. The van der Waals surface area contributed by atoms with E-state index >= 15 is 4.39 Å². The van der Waals surface area contributed by atoms with Crippen LogP contribution in [0.3, 0.4) is 0 Å². The number of anilines is 2. The molecule has 16 heteroatoms. The summed E-state index contributed by atoms with van der Waals surface area (Å²) in [6.45, 7) is -3.12. The first kappa shape index (κ1) is 31.2. The van der Waals surface area contributed by atoms with Gasteiger partial charge < -0.3 is 15.4 Å². The van der Waals surface area contributed by atoms with Crippen LogP contribution in [-0.2, 0) is 5.67 Å². The fourth-order valence-electron chi connectivity index (χ4n) is 3.61. The molecule has 3 aromatic rings. The third-order valence-electron chi connectivity index (χ3n) is 5.54. The van der Waals surface area contributed by atoms with E-state index in [9.17, 15) is 53.5 Å². The molecular weight excluding hydrogens is 585 g/mol. The van der Waals surface area contributed by atoms with E-state index in [2.05, 4.69) is 4.74 Å². The zero-order chi connectivity index (χ0) is 30.9. The van der Waals surface area contributed by atoms with Gasteiger partial charge in [-0.3, -0.25) is 9.59 Å². The average molecular weight is 600 g/mol. The smallest absolute Gasteiger partial charge is 0.433 e. The van der Waals surface area contributed by atoms with Gasteiger partial charge >= 0.3 is 24.6 Å². The third kappa shape index (κ3) is 6.20. The van der Waals surface area contributed by atoms with Gasteiger partial charge in [0.2, 0.25) is 0 Å². The van der Waals surface area contributed by atoms with Crippen LogP contribution in [0.2, 0.25) is 0 Å². The molecule has 3 rings (SSSR count). The molecule has 0 aliphatic carbocycles. The lowest BCUT2D eigenvalue weighted by atomic mass is 9.92. The van der Waals surface area contributed by atoms with Crippen molar-refractivity contribution in [2.45, 2.75) is 31.6 Å². The van der Waals surface area contributed by atoms with E-state index in [1.54, 1.807) is 0 Å². The number of ether oxygens (including phenoxy) is 1. The summed E-state index contributed by atoms with van der Waals surface area (Å²) in [5.41, 5.74) is -12.0. The van der Waals surface area contributed by atoms with Crippen molar-refractivity contribution in [2.24, 2.45) is 0 Å². The number of carbonyl (C=O) groups is 2. The molecule has 0 atom stereocenters. The molecule has 2 amide bonds. The van der Waals surface area contributed by atoms with Gasteiger partial charge in [-0.15, -0.1) is 0 Å². The molecule has 0 unspecified atom stereocenters. The highest BCUT2D eigenvalue weighted by Crippen LogP contribution is 2.54. The molecule has 5 nitrogen and oxygen atoms in total. The largest absolute Gasteiger partial charge is 0.435 e. The van der Waals surface area contributed by atoms with Gasteiger partial charge in [0.05, 0.1) is 22.5 Å². The fourth-order valence-corrected chi connectivity index (χ4v) is 3.61. The van der Waals surface area contributed by atoms with Crippen LogP contribution < -0.4 is 15.4 Å². The Hall–Kier alpha value is -4.37. The first-order valence-corrected chi connectivity index (χ1v) is 11.0. The Morgan fingerprint density at radius 1 is 0.780 bits per heavy atom. The molecule has 0 aliphatic rings. The number of rotatable bonds is 7.